The van der Waals surface area contributed by atoms with Gasteiger partial charge in [-0.25, -0.2) is 14.2 Å². The van der Waals surface area contributed by atoms with Crippen molar-refractivity contribution >= 4 is 45.6 Å². The Hall–Kier alpha value is -1.78. The van der Waals surface area contributed by atoms with Gasteiger partial charge in [0.25, 0.3) is 5.91 Å². The zero-order chi connectivity index (χ0) is 16.5. The minimum Gasteiger partial charge on any atom is -0.444 e. The molecular formula is C13H14FIN4O3. The summed E-state index contributed by atoms with van der Waals surface area (Å²) >= 11 is 1.82. The maximum Gasteiger partial charge on any atom is 0.414 e. The summed E-state index contributed by atoms with van der Waals surface area (Å²) in [6.07, 6.45) is 1.77. The lowest BCUT2D eigenvalue weighted by atomic mass is 10.2. The molecule has 0 aromatic carbocycles. The molecule has 118 valence electrons. The van der Waals surface area contributed by atoms with Crippen LogP contribution in [-0.2, 0) is 16.1 Å². The molecule has 0 saturated heterocycles. The molecule has 2 aromatic heterocycles. The molecule has 9 heteroatoms. The van der Waals surface area contributed by atoms with E-state index in [0.717, 1.165) is 6.20 Å². The third-order valence-electron chi connectivity index (χ3n) is 2.42. The molecule has 0 spiro atoms. The van der Waals surface area contributed by atoms with Gasteiger partial charge in [0.1, 0.15) is 23.2 Å². The Morgan fingerprint density at radius 2 is 2.14 bits per heavy atom. The van der Waals surface area contributed by atoms with Crippen LogP contribution in [0.15, 0.2) is 12.4 Å². The van der Waals surface area contributed by atoms with Crippen LogP contribution >= 0.6 is 22.6 Å². The number of ether oxygens (including phenoxy) is 1. The molecule has 2 aromatic rings. The van der Waals surface area contributed by atoms with E-state index >= 15 is 0 Å². The lowest BCUT2D eigenvalue weighted by Crippen LogP contribution is -2.38. The number of rotatable bonds is 2. The van der Waals surface area contributed by atoms with Gasteiger partial charge in [0.15, 0.2) is 5.82 Å². The lowest BCUT2D eigenvalue weighted by Gasteiger charge is -2.19. The van der Waals surface area contributed by atoms with Crippen molar-refractivity contribution in [3.05, 3.63) is 21.8 Å². The summed E-state index contributed by atoms with van der Waals surface area (Å²) in [6.45, 7) is 4.88. The maximum atomic E-state index is 13.4. The molecular weight excluding hydrogens is 406 g/mol. The van der Waals surface area contributed by atoms with Gasteiger partial charge in [-0.3, -0.25) is 14.8 Å². The van der Waals surface area contributed by atoms with E-state index in [-0.39, 0.29) is 6.54 Å². The molecule has 7 nitrogen and oxygen atoms in total. The van der Waals surface area contributed by atoms with Crippen LogP contribution in [0.25, 0.3) is 11.0 Å². The molecule has 0 fully saturated rings. The van der Waals surface area contributed by atoms with Crippen LogP contribution in [-0.4, -0.2) is 32.4 Å². The molecule has 0 aliphatic rings. The van der Waals surface area contributed by atoms with Gasteiger partial charge in [0, 0.05) is 0 Å². The summed E-state index contributed by atoms with van der Waals surface area (Å²) in [5.41, 5.74) is 0.143. The number of hydrogen-bond acceptors (Lipinski definition) is 5. The van der Waals surface area contributed by atoms with Crippen LogP contribution in [0.4, 0.5) is 9.18 Å². The smallest absolute Gasteiger partial charge is 0.414 e. The van der Waals surface area contributed by atoms with Gasteiger partial charge in [-0.05, 0) is 43.4 Å². The standard InChI is InChI=1S/C13H14FIN4O3/c1-13(2,3)22-12(21)17-9(20)6-19-5-8-11(18-19)10(15)7(14)4-16-8/h4-5H,6H2,1-3H3,(H,17,20,21). The number of hydrogen-bond donors (Lipinski definition) is 1. The van der Waals surface area contributed by atoms with Gasteiger partial charge in [-0.1, -0.05) is 0 Å². The molecule has 0 bridgehead atoms. The Kier molecular flexibility index (Phi) is 4.63. The highest BCUT2D eigenvalue weighted by Gasteiger charge is 2.19. The van der Waals surface area contributed by atoms with E-state index in [2.05, 4.69) is 15.4 Å². The van der Waals surface area contributed by atoms with Crippen LogP contribution < -0.4 is 5.32 Å². The maximum absolute atomic E-state index is 13.4. The molecule has 2 amide bonds. The van der Waals surface area contributed by atoms with E-state index in [4.69, 9.17) is 4.74 Å². The number of carbonyl (C=O) groups excluding carboxylic acids is 2. The van der Waals surface area contributed by atoms with Gasteiger partial charge < -0.3 is 4.74 Å². The second-order valence-electron chi connectivity index (χ2n) is 5.53. The number of amides is 2. The van der Waals surface area contributed by atoms with E-state index in [0.29, 0.717) is 14.6 Å². The second kappa shape index (κ2) is 6.15. The number of aromatic nitrogens is 3. The Bertz CT molecular complexity index is 739. The number of alkyl carbamates (subject to hydrolysis) is 1. The SMILES string of the molecule is CC(C)(C)OC(=O)NC(=O)Cn1cc2ncc(F)c(I)c2n1. The van der Waals surface area contributed by atoms with E-state index in [1.165, 1.54) is 10.9 Å². The van der Waals surface area contributed by atoms with Gasteiger partial charge in [-0.2, -0.15) is 5.10 Å². The molecule has 0 aliphatic heterocycles. The van der Waals surface area contributed by atoms with Gasteiger partial charge in [0.2, 0.25) is 0 Å². The van der Waals surface area contributed by atoms with Crippen LogP contribution in [0.2, 0.25) is 0 Å². The number of pyridine rings is 1. The van der Waals surface area contributed by atoms with Gasteiger partial charge >= 0.3 is 6.09 Å². The number of fused-ring (bicyclic) bond motifs is 1. The number of nitrogens with zero attached hydrogens (tertiary/aromatic N) is 3. The first-order valence-corrected chi connectivity index (χ1v) is 7.43. The van der Waals surface area contributed by atoms with Crippen molar-refractivity contribution < 1.29 is 18.7 Å². The van der Waals surface area contributed by atoms with Crippen molar-refractivity contribution in [2.24, 2.45) is 0 Å². The largest absolute Gasteiger partial charge is 0.444 e. The van der Waals surface area contributed by atoms with Crippen molar-refractivity contribution in [2.75, 3.05) is 0 Å². The third-order valence-corrected chi connectivity index (χ3v) is 3.45. The zero-order valence-corrected chi connectivity index (χ0v) is 14.3. The highest BCUT2D eigenvalue weighted by molar-refractivity contribution is 14.1. The van der Waals surface area contributed by atoms with E-state index in [1.807, 2.05) is 22.6 Å². The number of halogens is 2. The minimum absolute atomic E-state index is 0.201. The van der Waals surface area contributed by atoms with Crippen LogP contribution in [0.1, 0.15) is 20.8 Å². The lowest BCUT2D eigenvalue weighted by molar-refractivity contribution is -0.121. The van der Waals surface area contributed by atoms with Gasteiger partial charge in [-0.15, -0.1) is 0 Å². The third kappa shape index (κ3) is 4.12. The number of nitrogens with one attached hydrogen (secondary N) is 1. The van der Waals surface area contributed by atoms with E-state index in [1.54, 1.807) is 20.8 Å². The fourth-order valence-corrected chi connectivity index (χ4v) is 2.17. The van der Waals surface area contributed by atoms with E-state index < -0.39 is 23.4 Å². The molecule has 0 saturated carbocycles. The van der Waals surface area contributed by atoms with E-state index in [9.17, 15) is 14.0 Å². The highest BCUT2D eigenvalue weighted by Crippen LogP contribution is 2.19. The normalized spacial score (nSPS) is 11.5. The molecule has 0 aliphatic carbocycles. The predicted molar refractivity (Wildman–Crippen MR) is 84.6 cm³/mol. The first-order chi connectivity index (χ1) is 10.2. The first kappa shape index (κ1) is 16.6. The van der Waals surface area contributed by atoms with Crippen molar-refractivity contribution in [1.82, 2.24) is 20.1 Å². The quantitative estimate of drug-likeness (QED) is 0.754. The summed E-state index contributed by atoms with van der Waals surface area (Å²) in [5.74, 6) is -1.06. The van der Waals surface area contributed by atoms with Crippen LogP contribution in [0.3, 0.4) is 0 Å². The van der Waals surface area contributed by atoms with Crippen molar-refractivity contribution in [2.45, 2.75) is 32.9 Å². The molecule has 22 heavy (non-hydrogen) atoms. The first-order valence-electron chi connectivity index (χ1n) is 6.36. The molecule has 0 radical (unpaired) electrons. The molecule has 2 heterocycles. The molecule has 2 rings (SSSR count). The van der Waals surface area contributed by atoms with Crippen molar-refractivity contribution in [3.8, 4) is 0 Å². The summed E-state index contributed by atoms with van der Waals surface area (Å²) in [6, 6.07) is 0. The number of carbonyl (C=O) groups is 2. The summed E-state index contributed by atoms with van der Waals surface area (Å²) < 4.78 is 20.0. The zero-order valence-electron chi connectivity index (χ0n) is 12.2. The van der Waals surface area contributed by atoms with Gasteiger partial charge in [0.05, 0.1) is 16.0 Å². The summed E-state index contributed by atoms with van der Waals surface area (Å²) in [7, 11) is 0. The summed E-state index contributed by atoms with van der Waals surface area (Å²) in [5, 5.41) is 6.19. The Balaban J connectivity index is 2.06. The molecule has 0 unspecified atom stereocenters. The molecule has 1 N–H and O–H groups in total. The fraction of sp³-hybridized carbons (Fsp3) is 0.385. The Morgan fingerprint density at radius 3 is 2.77 bits per heavy atom. The van der Waals surface area contributed by atoms with Crippen molar-refractivity contribution in [1.29, 1.82) is 0 Å². The number of imide groups is 1. The van der Waals surface area contributed by atoms with Crippen molar-refractivity contribution in [3.63, 3.8) is 0 Å². The second-order valence-corrected chi connectivity index (χ2v) is 6.61. The Labute approximate surface area is 139 Å². The summed E-state index contributed by atoms with van der Waals surface area (Å²) in [4.78, 5) is 27.1. The van der Waals surface area contributed by atoms with Crippen LogP contribution in [0, 0.1) is 9.39 Å². The average Bonchev–Trinajstić information content (AvgIpc) is 2.74. The molecule has 0 atom stereocenters. The highest BCUT2D eigenvalue weighted by atomic mass is 127. The average molecular weight is 420 g/mol. The Morgan fingerprint density at radius 1 is 1.45 bits per heavy atom. The monoisotopic (exact) mass is 420 g/mol. The fourth-order valence-electron chi connectivity index (χ4n) is 1.64. The van der Waals surface area contributed by atoms with Crippen LogP contribution in [0.5, 0.6) is 0 Å². The minimum atomic E-state index is -0.826. The predicted octanol–water partition coefficient (Wildman–Crippen LogP) is 2.23. The topological polar surface area (TPSA) is 86.1 Å².